The van der Waals surface area contributed by atoms with Crippen LogP contribution in [0.25, 0.3) is 16.7 Å². The standard InChI is InChI=1S/C20H23N5O3S/c1-3-10-24-18(27)15-8-4-5-9-16(15)25-19(24)21-22-20(25)29-13-17(26)23(2)12-14-7-6-11-28-14/h3-5,8-9,14H,1,6-7,10-13H2,2H3. The number of hydrogen-bond donors (Lipinski definition) is 0. The highest BCUT2D eigenvalue weighted by atomic mass is 32.2. The normalized spacial score (nSPS) is 16.5. The first kappa shape index (κ1) is 19.7. The Labute approximate surface area is 172 Å². The number of benzene rings is 1. The fourth-order valence-electron chi connectivity index (χ4n) is 3.55. The van der Waals surface area contributed by atoms with Crippen LogP contribution in [0.15, 0.2) is 46.9 Å². The van der Waals surface area contributed by atoms with Crippen LogP contribution in [0, 0.1) is 0 Å². The van der Waals surface area contributed by atoms with Gasteiger partial charge in [-0.2, -0.15) is 0 Å². The van der Waals surface area contributed by atoms with Crippen LogP contribution in [0.1, 0.15) is 12.8 Å². The van der Waals surface area contributed by atoms with Gasteiger partial charge < -0.3 is 9.64 Å². The van der Waals surface area contributed by atoms with E-state index in [0.717, 1.165) is 25.0 Å². The number of nitrogens with zero attached hydrogens (tertiary/aromatic N) is 5. The van der Waals surface area contributed by atoms with E-state index in [0.29, 0.717) is 29.4 Å². The zero-order valence-electron chi connectivity index (χ0n) is 16.3. The van der Waals surface area contributed by atoms with Crippen molar-refractivity contribution in [1.29, 1.82) is 0 Å². The molecule has 2 aromatic heterocycles. The van der Waals surface area contributed by atoms with Crippen molar-refractivity contribution in [1.82, 2.24) is 24.1 Å². The third-order valence-electron chi connectivity index (χ3n) is 5.04. The number of fused-ring (bicyclic) bond motifs is 3. The van der Waals surface area contributed by atoms with Gasteiger partial charge in [0, 0.05) is 26.7 Å². The van der Waals surface area contributed by atoms with Gasteiger partial charge in [-0.25, -0.2) is 0 Å². The quantitative estimate of drug-likeness (QED) is 0.435. The van der Waals surface area contributed by atoms with E-state index in [2.05, 4.69) is 16.8 Å². The third-order valence-corrected chi connectivity index (χ3v) is 5.96. The lowest BCUT2D eigenvalue weighted by molar-refractivity contribution is -0.128. The summed E-state index contributed by atoms with van der Waals surface area (Å²) < 4.78 is 8.98. The van der Waals surface area contributed by atoms with Crippen molar-refractivity contribution in [3.63, 3.8) is 0 Å². The SMILES string of the molecule is C=CCn1c(=O)c2ccccc2n2c(SCC(=O)N(C)CC3CCCO3)nnc12. The second kappa shape index (κ2) is 8.38. The first-order valence-electron chi connectivity index (χ1n) is 9.56. The van der Waals surface area contributed by atoms with E-state index in [1.165, 1.54) is 16.3 Å². The molecule has 1 aliphatic rings. The number of para-hydroxylation sites is 1. The van der Waals surface area contributed by atoms with Gasteiger partial charge in [0.2, 0.25) is 11.7 Å². The van der Waals surface area contributed by atoms with Gasteiger partial charge in [0.1, 0.15) is 0 Å². The van der Waals surface area contributed by atoms with Crippen LogP contribution in [0.5, 0.6) is 0 Å². The summed E-state index contributed by atoms with van der Waals surface area (Å²) in [7, 11) is 1.80. The minimum Gasteiger partial charge on any atom is -0.376 e. The molecule has 1 amide bonds. The number of thioether (sulfide) groups is 1. The molecule has 1 aliphatic heterocycles. The van der Waals surface area contributed by atoms with Crippen molar-refractivity contribution in [2.24, 2.45) is 0 Å². The predicted molar refractivity (Wildman–Crippen MR) is 112 cm³/mol. The van der Waals surface area contributed by atoms with Crippen molar-refractivity contribution in [3.05, 3.63) is 47.3 Å². The Morgan fingerprint density at radius 2 is 2.24 bits per heavy atom. The molecular weight excluding hydrogens is 390 g/mol. The summed E-state index contributed by atoms with van der Waals surface area (Å²) in [4.78, 5) is 27.1. The molecule has 0 bridgehead atoms. The van der Waals surface area contributed by atoms with E-state index < -0.39 is 0 Å². The average molecular weight is 414 g/mol. The number of carbonyl (C=O) groups excluding carboxylic acids is 1. The van der Waals surface area contributed by atoms with Crippen LogP contribution in [0.4, 0.5) is 0 Å². The molecule has 0 saturated carbocycles. The van der Waals surface area contributed by atoms with Crippen molar-refractivity contribution in [3.8, 4) is 0 Å². The monoisotopic (exact) mass is 413 g/mol. The van der Waals surface area contributed by atoms with Gasteiger partial charge in [-0.3, -0.25) is 18.6 Å². The highest BCUT2D eigenvalue weighted by Gasteiger charge is 2.21. The van der Waals surface area contributed by atoms with E-state index in [9.17, 15) is 9.59 Å². The van der Waals surface area contributed by atoms with Gasteiger partial charge in [0.05, 0.1) is 22.8 Å². The number of rotatable bonds is 7. The molecule has 3 heterocycles. The molecule has 1 atom stereocenters. The molecular formula is C20H23N5O3S. The highest BCUT2D eigenvalue weighted by Crippen LogP contribution is 2.22. The lowest BCUT2D eigenvalue weighted by atomic mass is 10.2. The summed E-state index contributed by atoms with van der Waals surface area (Å²) in [6.45, 7) is 5.43. The van der Waals surface area contributed by atoms with Crippen LogP contribution < -0.4 is 5.56 Å². The zero-order chi connectivity index (χ0) is 20.4. The molecule has 9 heteroatoms. The van der Waals surface area contributed by atoms with E-state index in [-0.39, 0.29) is 23.3 Å². The Hall–Kier alpha value is -2.65. The second-order valence-electron chi connectivity index (χ2n) is 7.04. The molecule has 1 unspecified atom stereocenters. The molecule has 0 N–H and O–H groups in total. The molecule has 29 heavy (non-hydrogen) atoms. The van der Waals surface area contributed by atoms with Crippen LogP contribution >= 0.6 is 11.8 Å². The Bertz CT molecular complexity index is 1120. The summed E-state index contributed by atoms with van der Waals surface area (Å²) in [5.74, 6) is 0.682. The van der Waals surface area contributed by atoms with E-state index in [4.69, 9.17) is 4.74 Å². The molecule has 3 aromatic rings. The maximum Gasteiger partial charge on any atom is 0.263 e. The van der Waals surface area contributed by atoms with Crippen LogP contribution in [0.2, 0.25) is 0 Å². The number of carbonyl (C=O) groups is 1. The molecule has 0 radical (unpaired) electrons. The second-order valence-corrected chi connectivity index (χ2v) is 7.98. The van der Waals surface area contributed by atoms with Gasteiger partial charge in [-0.1, -0.05) is 30.0 Å². The van der Waals surface area contributed by atoms with E-state index in [1.807, 2.05) is 22.6 Å². The molecule has 1 aromatic carbocycles. The number of amides is 1. The molecule has 4 rings (SSSR count). The molecule has 152 valence electrons. The highest BCUT2D eigenvalue weighted by molar-refractivity contribution is 7.99. The van der Waals surface area contributed by atoms with Crippen molar-refractivity contribution >= 4 is 34.3 Å². The Morgan fingerprint density at radius 1 is 1.41 bits per heavy atom. The maximum absolute atomic E-state index is 12.8. The summed E-state index contributed by atoms with van der Waals surface area (Å²) >= 11 is 1.31. The maximum atomic E-state index is 12.8. The largest absolute Gasteiger partial charge is 0.376 e. The van der Waals surface area contributed by atoms with Crippen molar-refractivity contribution in [2.45, 2.75) is 30.6 Å². The minimum absolute atomic E-state index is 0.00553. The Balaban J connectivity index is 1.62. The summed E-state index contributed by atoms with van der Waals surface area (Å²) in [5.41, 5.74) is 0.588. The van der Waals surface area contributed by atoms with Crippen LogP contribution in [-0.2, 0) is 16.1 Å². The lowest BCUT2D eigenvalue weighted by Gasteiger charge is -2.20. The summed E-state index contributed by atoms with van der Waals surface area (Å²) in [6, 6.07) is 7.34. The minimum atomic E-state index is -0.135. The topological polar surface area (TPSA) is 81.7 Å². The van der Waals surface area contributed by atoms with Gasteiger partial charge >= 0.3 is 0 Å². The Kier molecular flexibility index (Phi) is 5.68. The number of likely N-dealkylation sites (N-methyl/N-ethyl adjacent to an activating group) is 1. The fraction of sp³-hybridized carbons (Fsp3) is 0.400. The molecule has 8 nitrogen and oxygen atoms in total. The number of allylic oxidation sites excluding steroid dienone is 1. The number of ether oxygens (including phenoxy) is 1. The molecule has 0 spiro atoms. The number of aromatic nitrogens is 4. The smallest absolute Gasteiger partial charge is 0.263 e. The van der Waals surface area contributed by atoms with Gasteiger partial charge in [-0.05, 0) is 25.0 Å². The van der Waals surface area contributed by atoms with Crippen molar-refractivity contribution in [2.75, 3.05) is 26.0 Å². The van der Waals surface area contributed by atoms with Crippen LogP contribution in [-0.4, -0.2) is 62.0 Å². The molecule has 0 aliphatic carbocycles. The molecule has 1 saturated heterocycles. The Morgan fingerprint density at radius 3 is 3.00 bits per heavy atom. The van der Waals surface area contributed by atoms with E-state index in [1.54, 1.807) is 24.1 Å². The molecule has 1 fully saturated rings. The first-order valence-corrected chi connectivity index (χ1v) is 10.5. The van der Waals surface area contributed by atoms with Gasteiger partial charge in [-0.15, -0.1) is 16.8 Å². The summed E-state index contributed by atoms with van der Waals surface area (Å²) in [5, 5.41) is 9.62. The zero-order valence-corrected chi connectivity index (χ0v) is 17.1. The fourth-order valence-corrected chi connectivity index (χ4v) is 4.43. The third kappa shape index (κ3) is 3.79. The van der Waals surface area contributed by atoms with Gasteiger partial charge in [0.15, 0.2) is 5.16 Å². The van der Waals surface area contributed by atoms with Gasteiger partial charge in [0.25, 0.3) is 5.56 Å². The van der Waals surface area contributed by atoms with Crippen molar-refractivity contribution < 1.29 is 9.53 Å². The lowest BCUT2D eigenvalue weighted by Crippen LogP contribution is -2.35. The summed E-state index contributed by atoms with van der Waals surface area (Å²) in [6.07, 6.45) is 3.82. The predicted octanol–water partition coefficient (Wildman–Crippen LogP) is 1.96. The number of hydrogen-bond acceptors (Lipinski definition) is 6. The first-order chi connectivity index (χ1) is 14.1. The average Bonchev–Trinajstić information content (AvgIpc) is 3.39. The van der Waals surface area contributed by atoms with E-state index >= 15 is 0 Å². The van der Waals surface area contributed by atoms with Crippen LogP contribution in [0.3, 0.4) is 0 Å².